The Hall–Kier alpha value is -1.06. The second kappa shape index (κ2) is 6.59. The van der Waals surface area contributed by atoms with Crippen LogP contribution in [0.3, 0.4) is 0 Å². The molecule has 2 aromatic carbocycles. The summed E-state index contributed by atoms with van der Waals surface area (Å²) in [5, 5.41) is 10.9. The Morgan fingerprint density at radius 3 is 2.30 bits per heavy atom. The van der Waals surface area contributed by atoms with Crippen molar-refractivity contribution < 1.29 is 5.11 Å². The third-order valence-corrected chi connectivity index (χ3v) is 4.50. The van der Waals surface area contributed by atoms with Crippen molar-refractivity contribution in [3.05, 3.63) is 69.7 Å². The molecule has 0 heterocycles. The highest BCUT2D eigenvalue weighted by atomic mass is 35.5. The van der Waals surface area contributed by atoms with Crippen LogP contribution in [0.25, 0.3) is 0 Å². The SMILES string of the molecule is NCC(CO)(Cc1cccc(Cl)c1Cl)c1ccccc1. The van der Waals surface area contributed by atoms with Crippen LogP contribution in [0.4, 0.5) is 0 Å². The molecule has 2 nitrogen and oxygen atoms in total. The van der Waals surface area contributed by atoms with Gasteiger partial charge in [-0.05, 0) is 23.6 Å². The molecule has 1 atom stereocenters. The molecule has 0 bridgehead atoms. The van der Waals surface area contributed by atoms with Gasteiger partial charge < -0.3 is 10.8 Å². The van der Waals surface area contributed by atoms with Gasteiger partial charge >= 0.3 is 0 Å². The Kier molecular flexibility index (Phi) is 5.06. The van der Waals surface area contributed by atoms with Gasteiger partial charge in [-0.3, -0.25) is 0 Å². The lowest BCUT2D eigenvalue weighted by Gasteiger charge is -2.31. The van der Waals surface area contributed by atoms with Crippen LogP contribution >= 0.6 is 23.2 Å². The molecule has 0 saturated carbocycles. The highest BCUT2D eigenvalue weighted by Crippen LogP contribution is 2.33. The summed E-state index contributed by atoms with van der Waals surface area (Å²) in [6, 6.07) is 15.3. The molecule has 0 saturated heterocycles. The van der Waals surface area contributed by atoms with Gasteiger partial charge in [0.05, 0.1) is 16.7 Å². The Labute approximate surface area is 129 Å². The van der Waals surface area contributed by atoms with Crippen LogP contribution in [-0.4, -0.2) is 18.3 Å². The topological polar surface area (TPSA) is 46.2 Å². The average Bonchev–Trinajstić information content (AvgIpc) is 2.50. The molecule has 1 unspecified atom stereocenters. The normalized spacial score (nSPS) is 14.0. The minimum Gasteiger partial charge on any atom is -0.395 e. The summed E-state index contributed by atoms with van der Waals surface area (Å²) in [5.74, 6) is 0. The fourth-order valence-electron chi connectivity index (χ4n) is 2.35. The molecule has 0 aliphatic rings. The van der Waals surface area contributed by atoms with E-state index in [1.807, 2.05) is 42.5 Å². The van der Waals surface area contributed by atoms with Crippen molar-refractivity contribution in [1.82, 2.24) is 0 Å². The molecule has 106 valence electrons. The maximum Gasteiger partial charge on any atom is 0.0624 e. The second-order valence-electron chi connectivity index (χ2n) is 4.90. The summed E-state index contributed by atoms with van der Waals surface area (Å²) in [6.45, 7) is 0.284. The predicted molar refractivity (Wildman–Crippen MR) is 84.4 cm³/mol. The number of hydrogen-bond donors (Lipinski definition) is 2. The minimum atomic E-state index is -0.546. The van der Waals surface area contributed by atoms with Gasteiger partial charge in [-0.2, -0.15) is 0 Å². The number of nitrogens with two attached hydrogens (primary N) is 1. The molecule has 2 rings (SSSR count). The monoisotopic (exact) mass is 309 g/mol. The number of hydrogen-bond acceptors (Lipinski definition) is 2. The largest absolute Gasteiger partial charge is 0.395 e. The van der Waals surface area contributed by atoms with E-state index in [-0.39, 0.29) is 6.61 Å². The quantitative estimate of drug-likeness (QED) is 0.889. The van der Waals surface area contributed by atoms with Crippen LogP contribution in [0.1, 0.15) is 11.1 Å². The molecular formula is C16H17Cl2NO. The third kappa shape index (κ3) is 2.99. The van der Waals surface area contributed by atoms with Crippen LogP contribution in [0, 0.1) is 0 Å². The summed E-state index contributed by atoms with van der Waals surface area (Å²) in [5.41, 5.74) is 7.30. The zero-order chi connectivity index (χ0) is 14.6. The van der Waals surface area contributed by atoms with Gasteiger partial charge in [-0.15, -0.1) is 0 Å². The van der Waals surface area contributed by atoms with Crippen molar-refractivity contribution in [2.75, 3.05) is 13.2 Å². The highest BCUT2D eigenvalue weighted by Gasteiger charge is 2.31. The first-order valence-corrected chi connectivity index (χ1v) is 7.18. The van der Waals surface area contributed by atoms with Gasteiger partial charge in [0.2, 0.25) is 0 Å². The van der Waals surface area contributed by atoms with E-state index in [2.05, 4.69) is 0 Å². The minimum absolute atomic E-state index is 0.0453. The first-order chi connectivity index (χ1) is 9.63. The number of rotatable bonds is 5. The molecule has 2 aromatic rings. The van der Waals surface area contributed by atoms with Crippen LogP contribution in [-0.2, 0) is 11.8 Å². The van der Waals surface area contributed by atoms with E-state index in [0.29, 0.717) is 23.0 Å². The van der Waals surface area contributed by atoms with Crippen LogP contribution in [0.2, 0.25) is 10.0 Å². The molecule has 0 amide bonds. The van der Waals surface area contributed by atoms with E-state index in [0.717, 1.165) is 11.1 Å². The number of aliphatic hydroxyl groups excluding tert-OH is 1. The van der Waals surface area contributed by atoms with Crippen LogP contribution in [0.15, 0.2) is 48.5 Å². The molecule has 3 N–H and O–H groups in total. The van der Waals surface area contributed by atoms with Gasteiger partial charge in [0, 0.05) is 12.0 Å². The van der Waals surface area contributed by atoms with Gasteiger partial charge in [0.25, 0.3) is 0 Å². The lowest BCUT2D eigenvalue weighted by Crippen LogP contribution is -2.41. The molecule has 4 heteroatoms. The van der Waals surface area contributed by atoms with E-state index in [1.165, 1.54) is 0 Å². The maximum atomic E-state index is 9.90. The molecular weight excluding hydrogens is 293 g/mol. The van der Waals surface area contributed by atoms with Crippen molar-refractivity contribution >= 4 is 23.2 Å². The zero-order valence-electron chi connectivity index (χ0n) is 11.0. The summed E-state index contributed by atoms with van der Waals surface area (Å²) in [7, 11) is 0. The molecule has 0 aromatic heterocycles. The summed E-state index contributed by atoms with van der Waals surface area (Å²) < 4.78 is 0. The molecule has 0 fully saturated rings. The third-order valence-electron chi connectivity index (χ3n) is 3.64. The molecule has 0 aliphatic carbocycles. The first kappa shape index (κ1) is 15.3. The van der Waals surface area contributed by atoms with E-state index < -0.39 is 5.41 Å². The molecule has 0 aliphatic heterocycles. The van der Waals surface area contributed by atoms with Crippen molar-refractivity contribution in [3.63, 3.8) is 0 Å². The van der Waals surface area contributed by atoms with Crippen LogP contribution in [0.5, 0.6) is 0 Å². The summed E-state index contributed by atoms with van der Waals surface area (Å²) >= 11 is 12.3. The van der Waals surface area contributed by atoms with Crippen molar-refractivity contribution in [1.29, 1.82) is 0 Å². The van der Waals surface area contributed by atoms with E-state index in [1.54, 1.807) is 6.07 Å². The number of halogens is 2. The molecule has 0 radical (unpaired) electrons. The van der Waals surface area contributed by atoms with E-state index >= 15 is 0 Å². The van der Waals surface area contributed by atoms with Crippen molar-refractivity contribution in [2.45, 2.75) is 11.8 Å². The molecule has 0 spiro atoms. The van der Waals surface area contributed by atoms with E-state index in [4.69, 9.17) is 28.9 Å². The highest BCUT2D eigenvalue weighted by molar-refractivity contribution is 6.42. The molecule has 20 heavy (non-hydrogen) atoms. The Morgan fingerprint density at radius 2 is 1.70 bits per heavy atom. The fraction of sp³-hybridized carbons (Fsp3) is 0.250. The van der Waals surface area contributed by atoms with E-state index in [9.17, 15) is 5.11 Å². The maximum absolute atomic E-state index is 9.90. The van der Waals surface area contributed by atoms with Gasteiger partial charge in [0.1, 0.15) is 0 Å². The second-order valence-corrected chi connectivity index (χ2v) is 5.68. The summed E-state index contributed by atoms with van der Waals surface area (Å²) in [4.78, 5) is 0. The summed E-state index contributed by atoms with van der Waals surface area (Å²) in [6.07, 6.45) is 0.545. The van der Waals surface area contributed by atoms with Crippen molar-refractivity contribution in [2.24, 2.45) is 5.73 Å². The standard InChI is InChI=1S/C16H17Cl2NO/c17-14-8-4-5-12(15(14)18)9-16(10-19,11-20)13-6-2-1-3-7-13/h1-8,20H,9-11,19H2. The lowest BCUT2D eigenvalue weighted by molar-refractivity contribution is 0.196. The van der Waals surface area contributed by atoms with Crippen molar-refractivity contribution in [3.8, 4) is 0 Å². The van der Waals surface area contributed by atoms with Gasteiger partial charge in [-0.1, -0.05) is 65.7 Å². The zero-order valence-corrected chi connectivity index (χ0v) is 12.5. The number of aliphatic hydroxyl groups is 1. The van der Waals surface area contributed by atoms with Crippen LogP contribution < -0.4 is 5.73 Å². The first-order valence-electron chi connectivity index (χ1n) is 6.42. The Bertz CT molecular complexity index is 568. The van der Waals surface area contributed by atoms with Gasteiger partial charge in [0.15, 0.2) is 0 Å². The predicted octanol–water partition coefficient (Wildman–Crippen LogP) is 3.42. The average molecular weight is 310 g/mol. The Balaban J connectivity index is 2.42. The smallest absolute Gasteiger partial charge is 0.0624 e. The lowest BCUT2D eigenvalue weighted by atomic mass is 9.76. The van der Waals surface area contributed by atoms with Gasteiger partial charge in [-0.25, -0.2) is 0 Å². The Morgan fingerprint density at radius 1 is 1.00 bits per heavy atom. The number of benzene rings is 2. The fourth-order valence-corrected chi connectivity index (χ4v) is 2.73.